The van der Waals surface area contributed by atoms with Crippen molar-refractivity contribution in [1.82, 2.24) is 9.80 Å². The van der Waals surface area contributed by atoms with Gasteiger partial charge >= 0.3 is 12.0 Å². The molecule has 5 nitrogen and oxygen atoms in total. The highest BCUT2D eigenvalue weighted by molar-refractivity contribution is 5.77. The summed E-state index contributed by atoms with van der Waals surface area (Å²) >= 11 is 0. The molecule has 28 heavy (non-hydrogen) atoms. The summed E-state index contributed by atoms with van der Waals surface area (Å²) < 4.78 is 18.3. The molecule has 0 N–H and O–H groups in total. The lowest BCUT2D eigenvalue weighted by Gasteiger charge is -2.43. The molecule has 0 aliphatic carbocycles. The Morgan fingerprint density at radius 1 is 1.04 bits per heavy atom. The molecule has 3 aliphatic heterocycles. The fraction of sp³-hybridized carbons (Fsp3) is 0.636. The standard InChI is InChI=1S/C22H29FN2O3/c1-2-28-21(26)16-9-11-24(12-10-16)22(27)25-19-7-8-20(25)14-17(13-19)15-3-5-18(23)6-4-15/h3-6,16-17,19-20H,2,7-14H2,1H3. The summed E-state index contributed by atoms with van der Waals surface area (Å²) in [5.74, 6) is -0.0121. The van der Waals surface area contributed by atoms with Crippen LogP contribution < -0.4 is 0 Å². The molecule has 3 fully saturated rings. The molecule has 0 saturated carbocycles. The summed E-state index contributed by atoms with van der Waals surface area (Å²) in [6.45, 7) is 3.48. The third-order valence-corrected chi connectivity index (χ3v) is 6.68. The van der Waals surface area contributed by atoms with E-state index in [1.165, 1.54) is 17.7 Å². The van der Waals surface area contributed by atoms with Crippen molar-refractivity contribution >= 4 is 12.0 Å². The highest BCUT2D eigenvalue weighted by atomic mass is 19.1. The summed E-state index contributed by atoms with van der Waals surface area (Å²) in [5.41, 5.74) is 1.18. The van der Waals surface area contributed by atoms with Crippen molar-refractivity contribution in [2.45, 2.75) is 63.5 Å². The summed E-state index contributed by atoms with van der Waals surface area (Å²) in [6.07, 6.45) is 5.37. The van der Waals surface area contributed by atoms with Crippen molar-refractivity contribution in [3.05, 3.63) is 35.6 Å². The van der Waals surface area contributed by atoms with Crippen molar-refractivity contribution < 1.29 is 18.7 Å². The van der Waals surface area contributed by atoms with Gasteiger partial charge in [-0.05, 0) is 69.1 Å². The molecule has 6 heteroatoms. The number of rotatable bonds is 3. The molecule has 3 saturated heterocycles. The maximum atomic E-state index is 13.2. The van der Waals surface area contributed by atoms with Crippen LogP contribution in [0.2, 0.25) is 0 Å². The Labute approximate surface area is 165 Å². The van der Waals surface area contributed by atoms with Crippen molar-refractivity contribution in [2.24, 2.45) is 5.92 Å². The number of nitrogens with zero attached hydrogens (tertiary/aromatic N) is 2. The average Bonchev–Trinajstić information content (AvgIpc) is 2.97. The molecule has 2 bridgehead atoms. The molecule has 0 aromatic heterocycles. The highest BCUT2D eigenvalue weighted by Crippen LogP contribution is 2.43. The van der Waals surface area contributed by atoms with Gasteiger partial charge in [0.1, 0.15) is 5.82 Å². The minimum absolute atomic E-state index is 0.0788. The third-order valence-electron chi connectivity index (χ3n) is 6.68. The van der Waals surface area contributed by atoms with Gasteiger partial charge in [0.05, 0.1) is 12.5 Å². The van der Waals surface area contributed by atoms with Gasteiger partial charge in [-0.3, -0.25) is 4.79 Å². The fourth-order valence-electron chi connectivity index (χ4n) is 5.23. The Morgan fingerprint density at radius 3 is 2.21 bits per heavy atom. The second kappa shape index (κ2) is 8.10. The van der Waals surface area contributed by atoms with Gasteiger partial charge in [0.25, 0.3) is 0 Å². The van der Waals surface area contributed by atoms with Gasteiger partial charge in [-0.15, -0.1) is 0 Å². The molecule has 2 atom stereocenters. The maximum absolute atomic E-state index is 13.2. The first-order chi connectivity index (χ1) is 13.6. The van der Waals surface area contributed by atoms with E-state index in [0.29, 0.717) is 38.5 Å². The molecular weight excluding hydrogens is 359 g/mol. The van der Waals surface area contributed by atoms with E-state index in [0.717, 1.165) is 25.7 Å². The smallest absolute Gasteiger partial charge is 0.320 e. The minimum Gasteiger partial charge on any atom is -0.466 e. The third kappa shape index (κ3) is 3.74. The summed E-state index contributed by atoms with van der Waals surface area (Å²) in [4.78, 5) is 29.1. The maximum Gasteiger partial charge on any atom is 0.320 e. The first-order valence-electron chi connectivity index (χ1n) is 10.6. The molecule has 4 rings (SSSR count). The van der Waals surface area contributed by atoms with Crippen LogP contribution in [0.3, 0.4) is 0 Å². The van der Waals surface area contributed by atoms with Gasteiger partial charge in [-0.25, -0.2) is 9.18 Å². The van der Waals surface area contributed by atoms with Crippen LogP contribution in [0, 0.1) is 11.7 Å². The van der Waals surface area contributed by atoms with E-state index in [1.807, 2.05) is 24.0 Å². The first kappa shape index (κ1) is 19.2. The van der Waals surface area contributed by atoms with Crippen LogP contribution >= 0.6 is 0 Å². The van der Waals surface area contributed by atoms with Crippen LogP contribution in [0.5, 0.6) is 0 Å². The zero-order chi connectivity index (χ0) is 19.7. The van der Waals surface area contributed by atoms with Crippen molar-refractivity contribution in [3.63, 3.8) is 0 Å². The van der Waals surface area contributed by atoms with Gasteiger partial charge in [-0.2, -0.15) is 0 Å². The van der Waals surface area contributed by atoms with Crippen LogP contribution in [0.15, 0.2) is 24.3 Å². The van der Waals surface area contributed by atoms with E-state index in [1.54, 1.807) is 0 Å². The van der Waals surface area contributed by atoms with Crippen molar-refractivity contribution in [3.8, 4) is 0 Å². The summed E-state index contributed by atoms with van der Waals surface area (Å²) in [7, 11) is 0. The predicted octanol–water partition coefficient (Wildman–Crippen LogP) is 3.93. The van der Waals surface area contributed by atoms with Gasteiger partial charge in [0, 0.05) is 25.2 Å². The lowest BCUT2D eigenvalue weighted by atomic mass is 9.85. The number of amides is 2. The Balaban J connectivity index is 1.36. The fourth-order valence-corrected chi connectivity index (χ4v) is 5.23. The molecule has 0 radical (unpaired) electrons. The second-order valence-corrected chi connectivity index (χ2v) is 8.31. The van der Waals surface area contributed by atoms with Gasteiger partial charge in [0.15, 0.2) is 0 Å². The van der Waals surface area contributed by atoms with Gasteiger partial charge in [0.2, 0.25) is 0 Å². The number of fused-ring (bicyclic) bond motifs is 2. The number of piperidine rings is 2. The number of halogens is 1. The number of esters is 1. The van der Waals surface area contributed by atoms with E-state index in [4.69, 9.17) is 4.74 Å². The van der Waals surface area contributed by atoms with Crippen molar-refractivity contribution in [2.75, 3.05) is 19.7 Å². The lowest BCUT2D eigenvalue weighted by Crippen LogP contribution is -2.53. The zero-order valence-electron chi connectivity index (χ0n) is 16.5. The molecule has 1 aromatic carbocycles. The number of carbonyl (C=O) groups excluding carboxylic acids is 2. The number of benzene rings is 1. The minimum atomic E-state index is -0.203. The number of likely N-dealkylation sites (tertiary alicyclic amines) is 1. The molecule has 2 amide bonds. The summed E-state index contributed by atoms with van der Waals surface area (Å²) in [5, 5.41) is 0. The van der Waals surface area contributed by atoms with Crippen molar-refractivity contribution in [1.29, 1.82) is 0 Å². The quantitative estimate of drug-likeness (QED) is 0.737. The second-order valence-electron chi connectivity index (χ2n) is 8.31. The SMILES string of the molecule is CCOC(=O)C1CCN(C(=O)N2C3CCC2CC(c2ccc(F)cc2)C3)CC1. The normalized spacial score (nSPS) is 27.7. The number of hydrogen-bond donors (Lipinski definition) is 0. The van der Waals surface area contributed by atoms with Crippen LogP contribution in [0.4, 0.5) is 9.18 Å². The Morgan fingerprint density at radius 2 is 1.64 bits per heavy atom. The molecule has 152 valence electrons. The molecule has 1 aromatic rings. The molecular formula is C22H29FN2O3. The van der Waals surface area contributed by atoms with Gasteiger partial charge < -0.3 is 14.5 Å². The number of urea groups is 1. The molecule has 2 unspecified atom stereocenters. The lowest BCUT2D eigenvalue weighted by molar-refractivity contribution is -0.149. The molecule has 3 heterocycles. The van der Waals surface area contributed by atoms with E-state index >= 15 is 0 Å². The first-order valence-corrected chi connectivity index (χ1v) is 10.6. The Hall–Kier alpha value is -2.11. The number of hydrogen-bond acceptors (Lipinski definition) is 3. The number of carbonyl (C=O) groups is 2. The van der Waals surface area contributed by atoms with Crippen LogP contribution in [-0.4, -0.2) is 53.6 Å². The Bertz CT molecular complexity index is 701. The van der Waals surface area contributed by atoms with E-state index in [9.17, 15) is 14.0 Å². The van der Waals surface area contributed by atoms with Crippen LogP contribution in [-0.2, 0) is 9.53 Å². The molecule has 3 aliphatic rings. The van der Waals surface area contributed by atoms with Crippen LogP contribution in [0.25, 0.3) is 0 Å². The van der Waals surface area contributed by atoms with E-state index in [2.05, 4.69) is 4.90 Å². The predicted molar refractivity (Wildman–Crippen MR) is 103 cm³/mol. The summed E-state index contributed by atoms with van der Waals surface area (Å²) in [6, 6.07) is 7.50. The largest absolute Gasteiger partial charge is 0.466 e. The van der Waals surface area contributed by atoms with Gasteiger partial charge in [-0.1, -0.05) is 12.1 Å². The Kier molecular flexibility index (Phi) is 5.56. The van der Waals surface area contributed by atoms with E-state index in [-0.39, 0.29) is 35.8 Å². The zero-order valence-corrected chi connectivity index (χ0v) is 16.5. The number of ether oxygens (including phenoxy) is 1. The highest BCUT2D eigenvalue weighted by Gasteiger charge is 2.45. The van der Waals surface area contributed by atoms with E-state index < -0.39 is 0 Å². The average molecular weight is 388 g/mol. The topological polar surface area (TPSA) is 49.9 Å². The van der Waals surface area contributed by atoms with Crippen LogP contribution in [0.1, 0.15) is 56.9 Å². The molecule has 0 spiro atoms. The monoisotopic (exact) mass is 388 g/mol.